The molecule has 29 heavy (non-hydrogen) atoms. The molecule has 0 unspecified atom stereocenters. The van der Waals surface area contributed by atoms with Crippen molar-refractivity contribution >= 4 is 17.5 Å². The largest absolute Gasteiger partial charge is 0.332 e. The third kappa shape index (κ3) is 5.08. The first-order valence-corrected chi connectivity index (χ1v) is 9.62. The number of aromatic nitrogens is 1. The van der Waals surface area contributed by atoms with Gasteiger partial charge in [0.25, 0.3) is 11.8 Å². The highest BCUT2D eigenvalue weighted by atomic mass is 16.2. The van der Waals surface area contributed by atoms with Gasteiger partial charge >= 0.3 is 0 Å². The van der Waals surface area contributed by atoms with Gasteiger partial charge in [-0.15, -0.1) is 0 Å². The molecule has 0 aliphatic rings. The average Bonchev–Trinajstić information content (AvgIpc) is 2.74. The Morgan fingerprint density at radius 2 is 1.62 bits per heavy atom. The van der Waals surface area contributed by atoms with E-state index in [0.717, 1.165) is 16.8 Å². The lowest BCUT2D eigenvalue weighted by atomic mass is 10.1. The van der Waals surface area contributed by atoms with E-state index < -0.39 is 0 Å². The van der Waals surface area contributed by atoms with Crippen LogP contribution in [-0.4, -0.2) is 27.7 Å². The van der Waals surface area contributed by atoms with Crippen molar-refractivity contribution in [1.29, 1.82) is 0 Å². The molecule has 0 radical (unpaired) electrons. The molecule has 1 heterocycles. The molecule has 1 N–H and O–H groups in total. The number of carbonyl (C=O) groups excluding carboxylic acids is 2. The first kappa shape index (κ1) is 20.3. The van der Waals surface area contributed by atoms with Crippen LogP contribution >= 0.6 is 0 Å². The Hall–Kier alpha value is -3.47. The van der Waals surface area contributed by atoms with Gasteiger partial charge in [-0.2, -0.15) is 0 Å². The lowest BCUT2D eigenvalue weighted by Crippen LogP contribution is -2.36. The second kappa shape index (κ2) is 9.15. The van der Waals surface area contributed by atoms with E-state index in [1.807, 2.05) is 75.4 Å². The number of rotatable bonds is 6. The molecule has 0 aliphatic carbocycles. The minimum Gasteiger partial charge on any atom is -0.332 e. The first-order valence-electron chi connectivity index (χ1n) is 9.62. The summed E-state index contributed by atoms with van der Waals surface area (Å²) in [5.41, 5.74) is 3.50. The number of nitrogens with one attached hydrogen (secondary N) is 1. The normalized spacial score (nSPS) is 10.6. The Kier molecular flexibility index (Phi) is 6.39. The van der Waals surface area contributed by atoms with Gasteiger partial charge in [-0.25, -0.2) is 0 Å². The molecule has 3 rings (SSSR count). The summed E-state index contributed by atoms with van der Waals surface area (Å²) in [5, 5.41) is 2.88. The van der Waals surface area contributed by atoms with Gasteiger partial charge in [0.05, 0.1) is 11.1 Å². The molecule has 1 aromatic heterocycles. The molecule has 3 aromatic rings. The number of benzene rings is 2. The molecule has 5 nitrogen and oxygen atoms in total. The standard InChI is InChI=1S/C24H25N3O2/c1-17(2)27(16-19-10-5-4-6-11-19)24(29)21-13-20(14-25-15-21)23(28)26-22-12-8-7-9-18(22)3/h4-15,17H,16H2,1-3H3,(H,26,28). The van der Waals surface area contributed by atoms with E-state index in [-0.39, 0.29) is 17.9 Å². The predicted molar refractivity (Wildman–Crippen MR) is 115 cm³/mol. The number of nitrogens with zero attached hydrogens (tertiary/aromatic N) is 2. The fourth-order valence-corrected chi connectivity index (χ4v) is 3.02. The molecule has 5 heteroatoms. The topological polar surface area (TPSA) is 62.3 Å². The van der Waals surface area contributed by atoms with Gasteiger partial charge < -0.3 is 10.2 Å². The van der Waals surface area contributed by atoms with Crippen molar-refractivity contribution in [2.24, 2.45) is 0 Å². The Bertz CT molecular complexity index is 1000. The number of para-hydroxylation sites is 1. The molecule has 0 spiro atoms. The van der Waals surface area contributed by atoms with Gasteiger partial charge in [-0.3, -0.25) is 14.6 Å². The molecule has 0 bridgehead atoms. The lowest BCUT2D eigenvalue weighted by Gasteiger charge is -2.27. The molecule has 2 amide bonds. The van der Waals surface area contributed by atoms with Crippen molar-refractivity contribution in [2.75, 3.05) is 5.32 Å². The van der Waals surface area contributed by atoms with E-state index in [4.69, 9.17) is 0 Å². The van der Waals surface area contributed by atoms with E-state index in [1.54, 1.807) is 11.0 Å². The molecule has 0 saturated heterocycles. The van der Waals surface area contributed by atoms with Gasteiger partial charge in [-0.05, 0) is 44.0 Å². The van der Waals surface area contributed by atoms with Crippen LogP contribution in [0, 0.1) is 6.92 Å². The highest BCUT2D eigenvalue weighted by Crippen LogP contribution is 2.17. The maximum atomic E-state index is 13.1. The number of hydrogen-bond donors (Lipinski definition) is 1. The monoisotopic (exact) mass is 387 g/mol. The summed E-state index contributed by atoms with van der Waals surface area (Å²) in [6.45, 7) is 6.38. The fourth-order valence-electron chi connectivity index (χ4n) is 3.02. The number of hydrogen-bond acceptors (Lipinski definition) is 3. The molecule has 2 aromatic carbocycles. The third-order valence-corrected chi connectivity index (χ3v) is 4.72. The van der Waals surface area contributed by atoms with Crippen LogP contribution < -0.4 is 5.32 Å². The smallest absolute Gasteiger partial charge is 0.257 e. The van der Waals surface area contributed by atoms with Gasteiger partial charge in [0.15, 0.2) is 0 Å². The summed E-state index contributed by atoms with van der Waals surface area (Å²) >= 11 is 0. The molecule has 0 saturated carbocycles. The van der Waals surface area contributed by atoms with Gasteiger partial charge in [0.1, 0.15) is 0 Å². The van der Waals surface area contributed by atoms with Crippen molar-refractivity contribution in [3.63, 3.8) is 0 Å². The number of anilines is 1. The van der Waals surface area contributed by atoms with Gasteiger partial charge in [-0.1, -0.05) is 48.5 Å². The number of carbonyl (C=O) groups is 2. The van der Waals surface area contributed by atoms with Crippen LogP contribution in [0.2, 0.25) is 0 Å². The zero-order valence-electron chi connectivity index (χ0n) is 16.9. The van der Waals surface area contributed by atoms with Crippen molar-refractivity contribution in [2.45, 2.75) is 33.4 Å². The van der Waals surface area contributed by atoms with E-state index in [9.17, 15) is 9.59 Å². The lowest BCUT2D eigenvalue weighted by molar-refractivity contribution is 0.0690. The molecule has 148 valence electrons. The molecule has 0 atom stereocenters. The molecular formula is C24H25N3O2. The summed E-state index contributed by atoms with van der Waals surface area (Å²) in [4.78, 5) is 31.7. The number of amides is 2. The van der Waals surface area contributed by atoms with Crippen molar-refractivity contribution in [3.8, 4) is 0 Å². The summed E-state index contributed by atoms with van der Waals surface area (Å²) in [5.74, 6) is -0.442. The van der Waals surface area contributed by atoms with Gasteiger partial charge in [0.2, 0.25) is 0 Å². The number of pyridine rings is 1. The SMILES string of the molecule is Cc1ccccc1NC(=O)c1cncc(C(=O)N(Cc2ccccc2)C(C)C)c1. The highest BCUT2D eigenvalue weighted by Gasteiger charge is 2.21. The van der Waals surface area contributed by atoms with Crippen LogP contribution in [0.1, 0.15) is 45.7 Å². The minimum atomic E-state index is -0.291. The minimum absolute atomic E-state index is 0.00663. The molecule has 0 fully saturated rings. The summed E-state index contributed by atoms with van der Waals surface area (Å²) < 4.78 is 0. The summed E-state index contributed by atoms with van der Waals surface area (Å²) in [6, 6.07) is 19.0. The van der Waals surface area contributed by atoms with Crippen molar-refractivity contribution < 1.29 is 9.59 Å². The van der Waals surface area contributed by atoms with Crippen LogP contribution in [0.4, 0.5) is 5.69 Å². The number of aryl methyl sites for hydroxylation is 1. The Morgan fingerprint density at radius 1 is 0.966 bits per heavy atom. The average molecular weight is 387 g/mol. The zero-order chi connectivity index (χ0) is 20.8. The first-order chi connectivity index (χ1) is 14.0. The Morgan fingerprint density at radius 3 is 2.31 bits per heavy atom. The van der Waals surface area contributed by atoms with Crippen molar-refractivity contribution in [1.82, 2.24) is 9.88 Å². The Labute approximate surface area is 171 Å². The highest BCUT2D eigenvalue weighted by molar-refractivity contribution is 6.06. The quantitative estimate of drug-likeness (QED) is 0.667. The van der Waals surface area contributed by atoms with Crippen molar-refractivity contribution in [3.05, 3.63) is 95.3 Å². The molecule has 0 aliphatic heterocycles. The van der Waals surface area contributed by atoms with Gasteiger partial charge in [0, 0.05) is 30.7 Å². The maximum Gasteiger partial charge on any atom is 0.257 e. The maximum absolute atomic E-state index is 13.1. The van der Waals surface area contributed by atoms with Crippen LogP contribution in [0.25, 0.3) is 0 Å². The summed E-state index contributed by atoms with van der Waals surface area (Å²) in [6.07, 6.45) is 2.98. The van der Waals surface area contributed by atoms with Crippen LogP contribution in [-0.2, 0) is 6.54 Å². The summed E-state index contributed by atoms with van der Waals surface area (Å²) in [7, 11) is 0. The second-order valence-electron chi connectivity index (χ2n) is 7.24. The van der Waals surface area contributed by atoms with Crippen LogP contribution in [0.3, 0.4) is 0 Å². The second-order valence-corrected chi connectivity index (χ2v) is 7.24. The van der Waals surface area contributed by atoms with E-state index in [0.29, 0.717) is 17.7 Å². The van der Waals surface area contributed by atoms with E-state index in [2.05, 4.69) is 10.3 Å². The molecular weight excluding hydrogens is 362 g/mol. The predicted octanol–water partition coefficient (Wildman–Crippen LogP) is 4.69. The zero-order valence-corrected chi connectivity index (χ0v) is 16.9. The van der Waals surface area contributed by atoms with E-state index in [1.165, 1.54) is 12.4 Å². The Balaban J connectivity index is 1.80. The third-order valence-electron chi connectivity index (χ3n) is 4.72. The van der Waals surface area contributed by atoms with Crippen LogP contribution in [0.15, 0.2) is 73.1 Å². The van der Waals surface area contributed by atoms with Crippen LogP contribution in [0.5, 0.6) is 0 Å². The fraction of sp³-hybridized carbons (Fsp3) is 0.208. The van der Waals surface area contributed by atoms with E-state index >= 15 is 0 Å².